The molecule has 2 rings (SSSR count). The van der Waals surface area contributed by atoms with E-state index in [9.17, 15) is 0 Å². The van der Waals surface area contributed by atoms with Crippen LogP contribution in [-0.4, -0.2) is 60.8 Å². The van der Waals surface area contributed by atoms with Crippen LogP contribution in [0.25, 0.3) is 0 Å². The number of aliphatic hydroxyl groups is 1. The molecule has 0 aromatic heterocycles. The lowest BCUT2D eigenvalue weighted by molar-refractivity contribution is 0.123. The SMILES string of the molecule is OCC1CCN(CCN2CCCC2)CC1. The molecule has 1 N–H and O–H groups in total. The summed E-state index contributed by atoms with van der Waals surface area (Å²) in [5.74, 6) is 0.577. The van der Waals surface area contributed by atoms with Crippen molar-refractivity contribution in [1.29, 1.82) is 0 Å². The summed E-state index contributed by atoms with van der Waals surface area (Å²) in [6.07, 6.45) is 5.17. The van der Waals surface area contributed by atoms with Crippen molar-refractivity contribution in [2.24, 2.45) is 5.92 Å². The van der Waals surface area contributed by atoms with Crippen LogP contribution in [-0.2, 0) is 0 Å². The minimum absolute atomic E-state index is 0.389. The summed E-state index contributed by atoms with van der Waals surface area (Å²) in [5, 5.41) is 9.05. The second-order valence-electron chi connectivity index (χ2n) is 5.02. The minimum atomic E-state index is 0.389. The third-order valence-corrected chi connectivity index (χ3v) is 3.90. The molecule has 2 aliphatic heterocycles. The molecule has 0 aromatic carbocycles. The van der Waals surface area contributed by atoms with Gasteiger partial charge in [0, 0.05) is 19.7 Å². The van der Waals surface area contributed by atoms with Crippen LogP contribution in [0.1, 0.15) is 25.7 Å². The van der Waals surface area contributed by atoms with Crippen LogP contribution in [0.2, 0.25) is 0 Å². The number of piperidine rings is 1. The first-order valence-corrected chi connectivity index (χ1v) is 6.44. The Balaban J connectivity index is 1.59. The van der Waals surface area contributed by atoms with Gasteiger partial charge in [0.05, 0.1) is 0 Å². The van der Waals surface area contributed by atoms with E-state index < -0.39 is 0 Å². The molecule has 0 saturated carbocycles. The van der Waals surface area contributed by atoms with Crippen LogP contribution in [0, 0.1) is 5.92 Å². The highest BCUT2D eigenvalue weighted by molar-refractivity contribution is 4.74. The van der Waals surface area contributed by atoms with Crippen LogP contribution in [0.15, 0.2) is 0 Å². The van der Waals surface area contributed by atoms with E-state index in [1.807, 2.05) is 0 Å². The van der Waals surface area contributed by atoms with Gasteiger partial charge in [-0.25, -0.2) is 0 Å². The van der Waals surface area contributed by atoms with Crippen LogP contribution in [0.5, 0.6) is 0 Å². The number of likely N-dealkylation sites (tertiary alicyclic amines) is 2. The average molecular weight is 212 g/mol. The summed E-state index contributed by atoms with van der Waals surface area (Å²) in [6.45, 7) is 7.89. The van der Waals surface area contributed by atoms with Gasteiger partial charge in [-0.05, 0) is 57.8 Å². The van der Waals surface area contributed by atoms with E-state index in [-0.39, 0.29) is 0 Å². The quantitative estimate of drug-likeness (QED) is 0.746. The van der Waals surface area contributed by atoms with Crippen LogP contribution in [0.4, 0.5) is 0 Å². The summed E-state index contributed by atoms with van der Waals surface area (Å²) < 4.78 is 0. The van der Waals surface area contributed by atoms with Gasteiger partial charge in [0.25, 0.3) is 0 Å². The Labute approximate surface area is 93.1 Å². The van der Waals surface area contributed by atoms with Gasteiger partial charge in [0.1, 0.15) is 0 Å². The van der Waals surface area contributed by atoms with Gasteiger partial charge in [-0.1, -0.05) is 0 Å². The Morgan fingerprint density at radius 2 is 1.40 bits per heavy atom. The van der Waals surface area contributed by atoms with E-state index in [1.165, 1.54) is 65.0 Å². The van der Waals surface area contributed by atoms with Gasteiger partial charge in [-0.2, -0.15) is 0 Å². The third kappa shape index (κ3) is 3.44. The van der Waals surface area contributed by atoms with Gasteiger partial charge in [0.15, 0.2) is 0 Å². The summed E-state index contributed by atoms with van der Waals surface area (Å²) >= 11 is 0. The van der Waals surface area contributed by atoms with Crippen LogP contribution < -0.4 is 0 Å². The molecule has 3 heteroatoms. The van der Waals surface area contributed by atoms with Crippen molar-refractivity contribution >= 4 is 0 Å². The predicted molar refractivity (Wildman–Crippen MR) is 61.9 cm³/mol. The van der Waals surface area contributed by atoms with Crippen molar-refractivity contribution in [3.05, 3.63) is 0 Å². The molecule has 0 spiro atoms. The summed E-state index contributed by atoms with van der Waals surface area (Å²) in [7, 11) is 0. The predicted octanol–water partition coefficient (Wildman–Crippen LogP) is 0.786. The van der Waals surface area contributed by atoms with Gasteiger partial charge in [0.2, 0.25) is 0 Å². The zero-order valence-electron chi connectivity index (χ0n) is 9.70. The molecular weight excluding hydrogens is 188 g/mol. The number of hydrogen-bond donors (Lipinski definition) is 1. The molecule has 0 bridgehead atoms. The van der Waals surface area contributed by atoms with E-state index >= 15 is 0 Å². The first kappa shape index (κ1) is 11.4. The van der Waals surface area contributed by atoms with Gasteiger partial charge >= 0.3 is 0 Å². The summed E-state index contributed by atoms with van der Waals surface area (Å²) in [6, 6.07) is 0. The first-order valence-electron chi connectivity index (χ1n) is 6.44. The van der Waals surface area contributed by atoms with Crippen molar-refractivity contribution in [2.75, 3.05) is 45.9 Å². The highest BCUT2D eigenvalue weighted by atomic mass is 16.3. The summed E-state index contributed by atoms with van der Waals surface area (Å²) in [5.41, 5.74) is 0. The molecule has 2 heterocycles. The fourth-order valence-electron chi connectivity index (χ4n) is 2.68. The number of hydrogen-bond acceptors (Lipinski definition) is 3. The van der Waals surface area contributed by atoms with Crippen LogP contribution in [0.3, 0.4) is 0 Å². The third-order valence-electron chi connectivity index (χ3n) is 3.90. The zero-order valence-corrected chi connectivity index (χ0v) is 9.70. The molecule has 0 unspecified atom stereocenters. The number of rotatable bonds is 4. The lowest BCUT2D eigenvalue weighted by atomic mass is 9.98. The van der Waals surface area contributed by atoms with Crippen molar-refractivity contribution in [3.63, 3.8) is 0 Å². The Morgan fingerprint density at radius 3 is 1.93 bits per heavy atom. The van der Waals surface area contributed by atoms with E-state index in [0.29, 0.717) is 12.5 Å². The van der Waals surface area contributed by atoms with E-state index in [0.717, 1.165) is 0 Å². The lowest BCUT2D eigenvalue weighted by Gasteiger charge is -2.32. The lowest BCUT2D eigenvalue weighted by Crippen LogP contribution is -2.39. The molecule has 2 aliphatic rings. The Kier molecular flexibility index (Phi) is 4.42. The van der Waals surface area contributed by atoms with Gasteiger partial charge < -0.3 is 14.9 Å². The molecular formula is C12H24N2O. The minimum Gasteiger partial charge on any atom is -0.396 e. The largest absolute Gasteiger partial charge is 0.396 e. The number of nitrogens with zero attached hydrogens (tertiary/aromatic N) is 2. The maximum atomic E-state index is 9.05. The molecule has 0 aromatic rings. The molecule has 2 fully saturated rings. The maximum Gasteiger partial charge on any atom is 0.0460 e. The molecule has 0 amide bonds. The normalized spacial score (nSPS) is 26.2. The van der Waals surface area contributed by atoms with Crippen molar-refractivity contribution in [2.45, 2.75) is 25.7 Å². The summed E-state index contributed by atoms with van der Waals surface area (Å²) in [4.78, 5) is 5.14. The van der Waals surface area contributed by atoms with Gasteiger partial charge in [-0.3, -0.25) is 0 Å². The van der Waals surface area contributed by atoms with E-state index in [1.54, 1.807) is 0 Å². The highest BCUT2D eigenvalue weighted by Gasteiger charge is 2.19. The second kappa shape index (κ2) is 5.83. The first-order chi connectivity index (χ1) is 7.38. The highest BCUT2D eigenvalue weighted by Crippen LogP contribution is 2.16. The second-order valence-corrected chi connectivity index (χ2v) is 5.02. The fourth-order valence-corrected chi connectivity index (χ4v) is 2.68. The molecule has 0 radical (unpaired) electrons. The van der Waals surface area contributed by atoms with Gasteiger partial charge in [-0.15, -0.1) is 0 Å². The molecule has 3 nitrogen and oxygen atoms in total. The Hall–Kier alpha value is -0.120. The molecule has 15 heavy (non-hydrogen) atoms. The topological polar surface area (TPSA) is 26.7 Å². The van der Waals surface area contributed by atoms with Crippen molar-refractivity contribution in [1.82, 2.24) is 9.80 Å². The van der Waals surface area contributed by atoms with Crippen molar-refractivity contribution < 1.29 is 5.11 Å². The average Bonchev–Trinajstić information content (AvgIpc) is 2.80. The van der Waals surface area contributed by atoms with E-state index in [4.69, 9.17) is 5.11 Å². The zero-order chi connectivity index (χ0) is 10.5. The standard InChI is InChI=1S/C12H24N2O/c15-11-12-3-7-14(8-4-12)10-9-13-5-1-2-6-13/h12,15H,1-11H2. The van der Waals surface area contributed by atoms with E-state index in [2.05, 4.69) is 9.80 Å². The maximum absolute atomic E-state index is 9.05. The Morgan fingerprint density at radius 1 is 0.867 bits per heavy atom. The molecule has 0 atom stereocenters. The molecule has 2 saturated heterocycles. The monoisotopic (exact) mass is 212 g/mol. The van der Waals surface area contributed by atoms with Crippen molar-refractivity contribution in [3.8, 4) is 0 Å². The Bertz CT molecular complexity index is 172. The molecule has 0 aliphatic carbocycles. The smallest absolute Gasteiger partial charge is 0.0460 e. The fraction of sp³-hybridized carbons (Fsp3) is 1.00. The molecule has 88 valence electrons. The number of aliphatic hydroxyl groups excluding tert-OH is 1. The van der Waals surface area contributed by atoms with Crippen LogP contribution >= 0.6 is 0 Å².